The summed E-state index contributed by atoms with van der Waals surface area (Å²) in [4.78, 5) is 0. The molecule has 0 aromatic carbocycles. The van der Waals surface area contributed by atoms with E-state index in [0.717, 1.165) is 38.5 Å². The topological polar surface area (TPSA) is 47.9 Å². The van der Waals surface area contributed by atoms with Gasteiger partial charge in [0.1, 0.15) is 0 Å². The predicted octanol–water partition coefficient (Wildman–Crippen LogP) is 3.02. The molecule has 2 fully saturated rings. The maximum atomic E-state index is 10.1. The van der Waals surface area contributed by atoms with Crippen LogP contribution in [-0.4, -0.2) is 42.4 Å². The lowest BCUT2D eigenvalue weighted by Gasteiger charge is -2.38. The second-order valence-electron chi connectivity index (χ2n) is 6.10. The Morgan fingerprint density at radius 2 is 1.85 bits per heavy atom. The van der Waals surface area contributed by atoms with Crippen molar-refractivity contribution < 1.29 is 19.3 Å². The van der Waals surface area contributed by atoms with Crippen molar-refractivity contribution in [3.63, 3.8) is 0 Å². The van der Waals surface area contributed by atoms with E-state index in [0.29, 0.717) is 13.2 Å². The van der Waals surface area contributed by atoms with Crippen LogP contribution in [0.1, 0.15) is 65.2 Å². The van der Waals surface area contributed by atoms with Gasteiger partial charge < -0.3 is 19.3 Å². The number of ether oxygens (including phenoxy) is 3. The zero-order valence-electron chi connectivity index (χ0n) is 13.0. The summed E-state index contributed by atoms with van der Waals surface area (Å²) in [5.74, 6) is -0.444. The largest absolute Gasteiger partial charge is 0.390 e. The summed E-state index contributed by atoms with van der Waals surface area (Å²) < 4.78 is 17.7. The van der Waals surface area contributed by atoms with E-state index in [2.05, 4.69) is 13.8 Å². The molecule has 3 atom stereocenters. The second-order valence-corrected chi connectivity index (χ2v) is 6.10. The van der Waals surface area contributed by atoms with Crippen molar-refractivity contribution in [1.82, 2.24) is 0 Å². The molecule has 0 spiro atoms. The highest BCUT2D eigenvalue weighted by Gasteiger charge is 2.40. The van der Waals surface area contributed by atoms with Gasteiger partial charge in [0.15, 0.2) is 5.79 Å². The Morgan fingerprint density at radius 3 is 2.50 bits per heavy atom. The highest BCUT2D eigenvalue weighted by atomic mass is 16.7. The van der Waals surface area contributed by atoms with E-state index >= 15 is 0 Å². The molecule has 2 rings (SSSR count). The first-order chi connectivity index (χ1) is 9.69. The summed E-state index contributed by atoms with van der Waals surface area (Å²) in [6.07, 6.45) is 7.75. The van der Waals surface area contributed by atoms with Crippen LogP contribution in [0.5, 0.6) is 0 Å². The minimum Gasteiger partial charge on any atom is -0.390 e. The highest BCUT2D eigenvalue weighted by Crippen LogP contribution is 2.34. The minimum absolute atomic E-state index is 0.00407. The molecule has 118 valence electrons. The van der Waals surface area contributed by atoms with Crippen LogP contribution < -0.4 is 0 Å². The van der Waals surface area contributed by atoms with Crippen molar-refractivity contribution in [3.05, 3.63) is 0 Å². The Morgan fingerprint density at radius 1 is 1.10 bits per heavy atom. The van der Waals surface area contributed by atoms with Crippen LogP contribution in [0.3, 0.4) is 0 Å². The van der Waals surface area contributed by atoms with E-state index in [1.54, 1.807) is 0 Å². The third kappa shape index (κ3) is 4.17. The van der Waals surface area contributed by atoms with Crippen molar-refractivity contribution in [3.8, 4) is 0 Å². The summed E-state index contributed by atoms with van der Waals surface area (Å²) in [5.41, 5.74) is 0. The fraction of sp³-hybridized carbons (Fsp3) is 1.00. The Balaban J connectivity index is 1.83. The lowest BCUT2D eigenvalue weighted by molar-refractivity contribution is -0.205. The van der Waals surface area contributed by atoms with Crippen LogP contribution in [-0.2, 0) is 14.2 Å². The van der Waals surface area contributed by atoms with E-state index < -0.39 is 5.79 Å². The summed E-state index contributed by atoms with van der Waals surface area (Å²) in [6, 6.07) is 0. The lowest BCUT2D eigenvalue weighted by Crippen LogP contribution is -2.43. The van der Waals surface area contributed by atoms with Gasteiger partial charge in [0.2, 0.25) is 0 Å². The average molecular weight is 286 g/mol. The van der Waals surface area contributed by atoms with E-state index in [-0.39, 0.29) is 18.3 Å². The summed E-state index contributed by atoms with van der Waals surface area (Å²) in [5, 5.41) is 10.1. The zero-order chi connectivity index (χ0) is 14.4. The number of hydrogen-bond donors (Lipinski definition) is 1. The highest BCUT2D eigenvalue weighted by molar-refractivity contribution is 4.84. The summed E-state index contributed by atoms with van der Waals surface area (Å²) in [6.45, 7) is 5.66. The fourth-order valence-electron chi connectivity index (χ4n) is 3.26. The van der Waals surface area contributed by atoms with Gasteiger partial charge in [-0.25, -0.2) is 0 Å². The smallest absolute Gasteiger partial charge is 0.170 e. The summed E-state index contributed by atoms with van der Waals surface area (Å²) in [7, 11) is 0. The van der Waals surface area contributed by atoms with Gasteiger partial charge in [-0.3, -0.25) is 0 Å². The molecule has 0 aromatic rings. The lowest BCUT2D eigenvalue weighted by atomic mass is 9.93. The van der Waals surface area contributed by atoms with Crippen LogP contribution >= 0.6 is 0 Å². The van der Waals surface area contributed by atoms with Gasteiger partial charge in [-0.15, -0.1) is 0 Å². The number of rotatable bonds is 7. The molecular formula is C16H30O4. The molecule has 0 aromatic heterocycles. The number of aliphatic hydroxyl groups is 1. The summed E-state index contributed by atoms with van der Waals surface area (Å²) >= 11 is 0. The number of unbranched alkanes of at least 4 members (excludes halogenated alkanes) is 2. The Bertz CT molecular complexity index is 276. The van der Waals surface area contributed by atoms with Gasteiger partial charge in [-0.1, -0.05) is 33.1 Å². The van der Waals surface area contributed by atoms with Gasteiger partial charge in [0, 0.05) is 6.42 Å². The van der Waals surface area contributed by atoms with E-state index in [9.17, 15) is 5.11 Å². The van der Waals surface area contributed by atoms with Gasteiger partial charge in [0.25, 0.3) is 0 Å². The molecule has 2 saturated heterocycles. The molecule has 4 heteroatoms. The third-order valence-corrected chi connectivity index (χ3v) is 4.56. The van der Waals surface area contributed by atoms with E-state index in [4.69, 9.17) is 14.2 Å². The van der Waals surface area contributed by atoms with Gasteiger partial charge in [-0.05, 0) is 25.7 Å². The molecule has 4 nitrogen and oxygen atoms in total. The molecule has 2 aliphatic rings. The predicted molar refractivity (Wildman–Crippen MR) is 77.6 cm³/mol. The van der Waals surface area contributed by atoms with Crippen LogP contribution in [0, 0.1) is 0 Å². The number of aliphatic hydroxyl groups excluding tert-OH is 1. The van der Waals surface area contributed by atoms with Gasteiger partial charge in [-0.2, -0.15) is 0 Å². The zero-order valence-corrected chi connectivity index (χ0v) is 13.0. The Hall–Kier alpha value is -0.160. The van der Waals surface area contributed by atoms with E-state index in [1.165, 1.54) is 12.8 Å². The van der Waals surface area contributed by atoms with E-state index in [1.807, 2.05) is 0 Å². The molecule has 0 aliphatic carbocycles. The van der Waals surface area contributed by atoms with Gasteiger partial charge in [0.05, 0.1) is 31.5 Å². The normalized spacial score (nSPS) is 33.5. The quantitative estimate of drug-likeness (QED) is 0.731. The van der Waals surface area contributed by atoms with Crippen molar-refractivity contribution in [2.24, 2.45) is 0 Å². The number of hydrogen-bond acceptors (Lipinski definition) is 4. The van der Waals surface area contributed by atoms with Crippen LogP contribution in [0.15, 0.2) is 0 Å². The second kappa shape index (κ2) is 7.74. The maximum Gasteiger partial charge on any atom is 0.170 e. The first kappa shape index (κ1) is 16.2. The third-order valence-electron chi connectivity index (χ3n) is 4.56. The van der Waals surface area contributed by atoms with Crippen molar-refractivity contribution >= 4 is 0 Å². The molecule has 0 unspecified atom stereocenters. The SMILES string of the molecule is CCCCC[C@H]1O[C@@H](CC2(CC)OCCO2)CC[C@@H]1O. The van der Waals surface area contributed by atoms with Crippen LogP contribution in [0.25, 0.3) is 0 Å². The molecule has 0 bridgehead atoms. The Kier molecular flexibility index (Phi) is 6.27. The molecule has 1 N–H and O–H groups in total. The molecule has 0 radical (unpaired) electrons. The Labute approximate surface area is 122 Å². The van der Waals surface area contributed by atoms with Gasteiger partial charge >= 0.3 is 0 Å². The fourth-order valence-corrected chi connectivity index (χ4v) is 3.26. The molecule has 2 heterocycles. The standard InChI is InChI=1S/C16H30O4/c1-3-5-6-7-15-14(17)9-8-13(20-15)12-16(4-2)18-10-11-19-16/h13-15,17H,3-12H2,1-2H3/t13-,14+,15-/m1/s1. The minimum atomic E-state index is -0.444. The molecular weight excluding hydrogens is 256 g/mol. The van der Waals surface area contributed by atoms with Crippen molar-refractivity contribution in [1.29, 1.82) is 0 Å². The van der Waals surface area contributed by atoms with Crippen molar-refractivity contribution in [2.75, 3.05) is 13.2 Å². The molecule has 2 aliphatic heterocycles. The molecule has 20 heavy (non-hydrogen) atoms. The average Bonchev–Trinajstić information content (AvgIpc) is 2.92. The maximum absolute atomic E-state index is 10.1. The molecule has 0 saturated carbocycles. The van der Waals surface area contributed by atoms with Crippen LogP contribution in [0.2, 0.25) is 0 Å². The van der Waals surface area contributed by atoms with Crippen molar-refractivity contribution in [2.45, 2.75) is 89.3 Å². The van der Waals surface area contributed by atoms with Crippen LogP contribution in [0.4, 0.5) is 0 Å². The monoisotopic (exact) mass is 286 g/mol. The first-order valence-corrected chi connectivity index (χ1v) is 8.30. The molecule has 0 amide bonds. The first-order valence-electron chi connectivity index (χ1n) is 8.30.